The molecule has 2 aromatic rings. The van der Waals surface area contributed by atoms with Crippen LogP contribution in [-0.4, -0.2) is 45.6 Å². The molecular weight excluding hydrogens is 406 g/mol. The average Bonchev–Trinajstić information content (AvgIpc) is 3.04. The van der Waals surface area contributed by atoms with Crippen LogP contribution < -0.4 is 15.4 Å². The summed E-state index contributed by atoms with van der Waals surface area (Å²) in [5.74, 6) is 4.79. The fraction of sp³-hybridized carbons (Fsp3) is 0.312. The highest BCUT2D eigenvalue weighted by atomic mass is 79.9. The number of hydrogen-bond donors (Lipinski definition) is 3. The summed E-state index contributed by atoms with van der Waals surface area (Å²) in [7, 11) is -2.29. The maximum absolute atomic E-state index is 11.7. The minimum absolute atomic E-state index is 0.260. The van der Waals surface area contributed by atoms with E-state index in [0.29, 0.717) is 12.6 Å². The zero-order chi connectivity index (χ0) is 17.9. The number of hydrogen-bond acceptors (Lipinski definition) is 6. The molecule has 134 valence electrons. The van der Waals surface area contributed by atoms with Gasteiger partial charge in [0.15, 0.2) is 0 Å². The third-order valence-corrected chi connectivity index (χ3v) is 4.74. The van der Waals surface area contributed by atoms with Crippen molar-refractivity contribution in [3.63, 3.8) is 0 Å². The molecule has 0 bridgehead atoms. The van der Waals surface area contributed by atoms with Crippen LogP contribution in [0.15, 0.2) is 34.9 Å². The lowest BCUT2D eigenvalue weighted by molar-refractivity contribution is 0.195. The highest BCUT2D eigenvalue weighted by Gasteiger charge is 2.17. The Balaban J connectivity index is 1.69. The van der Waals surface area contributed by atoms with Crippen LogP contribution in [0.4, 0.5) is 23.1 Å². The summed E-state index contributed by atoms with van der Waals surface area (Å²) in [6, 6.07) is 7.62. The molecule has 1 aromatic carbocycles. The van der Waals surface area contributed by atoms with Crippen molar-refractivity contribution < 1.29 is 8.95 Å². The quantitative estimate of drug-likeness (QED) is 0.616. The summed E-state index contributed by atoms with van der Waals surface area (Å²) in [5.41, 5.74) is 1.57. The predicted molar refractivity (Wildman–Crippen MR) is 107 cm³/mol. The van der Waals surface area contributed by atoms with Gasteiger partial charge in [-0.3, -0.25) is 0 Å². The molecule has 1 fully saturated rings. The lowest BCUT2D eigenvalue weighted by atomic mass is 10.2. The van der Waals surface area contributed by atoms with Crippen LogP contribution in [0.5, 0.6) is 0 Å². The van der Waals surface area contributed by atoms with Gasteiger partial charge in [0.25, 0.3) is 0 Å². The molecule has 1 aliphatic heterocycles. The molecule has 25 heavy (non-hydrogen) atoms. The minimum Gasteiger partial charge on any atom is -0.379 e. The van der Waals surface area contributed by atoms with Crippen LogP contribution >= 0.6 is 15.9 Å². The number of nitrogens with one attached hydrogen (secondary N) is 3. The Hall–Kier alpha value is -1.84. The van der Waals surface area contributed by atoms with Gasteiger partial charge in [-0.05, 0) is 52.5 Å². The van der Waals surface area contributed by atoms with Crippen molar-refractivity contribution in [1.82, 2.24) is 9.97 Å². The first-order valence-corrected chi connectivity index (χ1v) is 10.7. The first kappa shape index (κ1) is 18.0. The van der Waals surface area contributed by atoms with Gasteiger partial charge < -0.3 is 20.1 Å². The molecule has 0 aliphatic carbocycles. The van der Waals surface area contributed by atoms with Crippen molar-refractivity contribution in [2.45, 2.75) is 12.5 Å². The minimum atomic E-state index is -2.29. The van der Waals surface area contributed by atoms with Crippen molar-refractivity contribution in [1.29, 1.82) is 0 Å². The van der Waals surface area contributed by atoms with E-state index in [9.17, 15) is 4.21 Å². The molecule has 1 aliphatic rings. The van der Waals surface area contributed by atoms with Gasteiger partial charge in [-0.2, -0.15) is 4.98 Å². The molecule has 0 radical (unpaired) electrons. The van der Waals surface area contributed by atoms with Gasteiger partial charge in [0, 0.05) is 40.1 Å². The highest BCUT2D eigenvalue weighted by Crippen LogP contribution is 2.24. The second-order valence-electron chi connectivity index (χ2n) is 5.90. The van der Waals surface area contributed by atoms with Gasteiger partial charge in [-0.1, -0.05) is 0 Å². The Labute approximate surface area is 155 Å². The Morgan fingerprint density at radius 2 is 2.04 bits per heavy atom. The number of rotatable bonds is 6. The Morgan fingerprint density at radius 1 is 1.32 bits per heavy atom. The van der Waals surface area contributed by atoms with E-state index >= 15 is 0 Å². The SMILES string of the molecule is C=S(C)(=O)Nc1ccc(Nc2ncc(Br)c(N[C@@H]3CCOC3)n2)cc1. The molecule has 3 rings (SSSR count). The van der Waals surface area contributed by atoms with E-state index in [1.165, 1.54) is 0 Å². The monoisotopic (exact) mass is 425 g/mol. The zero-order valence-electron chi connectivity index (χ0n) is 13.8. The van der Waals surface area contributed by atoms with Crippen LogP contribution in [-0.2, 0) is 14.4 Å². The predicted octanol–water partition coefficient (Wildman–Crippen LogP) is 2.86. The molecule has 1 saturated heterocycles. The number of ether oxygens (including phenoxy) is 1. The maximum Gasteiger partial charge on any atom is 0.229 e. The van der Waals surface area contributed by atoms with Crippen molar-refractivity contribution in [2.75, 3.05) is 34.8 Å². The second kappa shape index (κ2) is 7.59. The summed E-state index contributed by atoms with van der Waals surface area (Å²) >= 11 is 3.46. The summed E-state index contributed by atoms with van der Waals surface area (Å²) in [6.45, 7) is 1.45. The zero-order valence-corrected chi connectivity index (χ0v) is 16.2. The molecule has 0 spiro atoms. The van der Waals surface area contributed by atoms with Crippen LogP contribution in [0.25, 0.3) is 0 Å². The normalized spacial score (nSPS) is 19.2. The molecule has 9 heteroatoms. The number of benzene rings is 1. The molecular formula is C16H20BrN5O2S. The summed E-state index contributed by atoms with van der Waals surface area (Å²) < 4.78 is 20.7. The number of nitrogens with zero attached hydrogens (tertiary/aromatic N) is 2. The lowest BCUT2D eigenvalue weighted by Crippen LogP contribution is -2.20. The molecule has 2 heterocycles. The van der Waals surface area contributed by atoms with Crippen molar-refractivity contribution >= 4 is 54.6 Å². The van der Waals surface area contributed by atoms with Crippen LogP contribution in [0.3, 0.4) is 0 Å². The summed E-state index contributed by atoms with van der Waals surface area (Å²) in [4.78, 5) is 8.78. The number of halogens is 1. The van der Waals surface area contributed by atoms with E-state index in [-0.39, 0.29) is 6.04 Å². The first-order chi connectivity index (χ1) is 11.9. The van der Waals surface area contributed by atoms with Crippen molar-refractivity contribution in [2.24, 2.45) is 0 Å². The summed E-state index contributed by atoms with van der Waals surface area (Å²) in [5, 5.41) is 6.52. The molecule has 0 amide bonds. The van der Waals surface area contributed by atoms with E-state index in [0.717, 1.165) is 34.7 Å². The topological polar surface area (TPSA) is 88.2 Å². The highest BCUT2D eigenvalue weighted by molar-refractivity contribution is 9.10. The van der Waals surface area contributed by atoms with Crippen LogP contribution in [0, 0.1) is 0 Å². The Kier molecular flexibility index (Phi) is 5.45. The van der Waals surface area contributed by atoms with E-state index < -0.39 is 9.71 Å². The second-order valence-corrected chi connectivity index (χ2v) is 8.97. The third kappa shape index (κ3) is 5.32. The fourth-order valence-electron chi connectivity index (χ4n) is 2.37. The molecule has 0 saturated carbocycles. The van der Waals surface area contributed by atoms with E-state index in [1.54, 1.807) is 12.5 Å². The van der Waals surface area contributed by atoms with E-state index in [1.807, 2.05) is 24.3 Å². The van der Waals surface area contributed by atoms with Gasteiger partial charge >= 0.3 is 0 Å². The van der Waals surface area contributed by atoms with Crippen molar-refractivity contribution in [3.05, 3.63) is 34.9 Å². The Morgan fingerprint density at radius 3 is 2.68 bits per heavy atom. The van der Waals surface area contributed by atoms with Gasteiger partial charge in [0.1, 0.15) is 5.82 Å². The van der Waals surface area contributed by atoms with Gasteiger partial charge in [-0.15, -0.1) is 0 Å². The third-order valence-electron chi connectivity index (χ3n) is 3.49. The standard InChI is InChI=1S/C16H20BrN5O2S/c1-25(2,23)22-12-5-3-11(4-6-12)20-16-18-9-14(17)15(21-16)19-13-7-8-24-10-13/h3-6,9,13H,1,7-8,10H2,2H3,(H,22,23)(H2,18,19,20,21)/t13-,25?/m1/s1. The van der Waals surface area contributed by atoms with Gasteiger partial charge in [0.05, 0.1) is 17.1 Å². The molecule has 3 N–H and O–H groups in total. The number of anilines is 4. The average molecular weight is 426 g/mol. The first-order valence-electron chi connectivity index (χ1n) is 7.73. The molecule has 2 atom stereocenters. The molecule has 7 nitrogen and oxygen atoms in total. The summed E-state index contributed by atoms with van der Waals surface area (Å²) in [6.07, 6.45) is 4.22. The van der Waals surface area contributed by atoms with Crippen LogP contribution in [0.1, 0.15) is 6.42 Å². The molecule has 1 unspecified atom stereocenters. The maximum atomic E-state index is 11.7. The lowest BCUT2D eigenvalue weighted by Gasteiger charge is -2.14. The largest absolute Gasteiger partial charge is 0.379 e. The number of aromatic nitrogens is 2. The van der Waals surface area contributed by atoms with Gasteiger partial charge in [0.2, 0.25) is 5.95 Å². The Bertz CT molecular complexity index is 836. The van der Waals surface area contributed by atoms with Gasteiger partial charge in [-0.25, -0.2) is 9.19 Å². The smallest absolute Gasteiger partial charge is 0.229 e. The molecule has 1 aromatic heterocycles. The van der Waals surface area contributed by atoms with Crippen molar-refractivity contribution in [3.8, 4) is 0 Å². The van der Waals surface area contributed by atoms with E-state index in [2.05, 4.69) is 47.1 Å². The van der Waals surface area contributed by atoms with E-state index in [4.69, 9.17) is 4.74 Å². The fourth-order valence-corrected chi connectivity index (χ4v) is 3.31. The van der Waals surface area contributed by atoms with Crippen LogP contribution in [0.2, 0.25) is 0 Å².